The van der Waals surface area contributed by atoms with Crippen molar-refractivity contribution in [2.24, 2.45) is 0 Å². The summed E-state index contributed by atoms with van der Waals surface area (Å²) in [6.45, 7) is 6.62. The monoisotopic (exact) mass is 404 g/mol. The maximum atomic E-state index is 12.2. The van der Waals surface area contributed by atoms with E-state index in [0.29, 0.717) is 30.2 Å². The van der Waals surface area contributed by atoms with E-state index in [1.807, 2.05) is 45.0 Å². The smallest absolute Gasteiger partial charge is 0.232 e. The fraction of sp³-hybridized carbons (Fsp3) is 0.381. The molecular formula is C21H28N2O4S. The SMILES string of the molecule is CCOc1cccc(NC(=O)CCCN(c2ccc(C)c(C)c2)S(C)(=O)=O)c1. The first kappa shape index (κ1) is 21.8. The second-order valence-electron chi connectivity index (χ2n) is 6.72. The predicted molar refractivity (Wildman–Crippen MR) is 114 cm³/mol. The first-order valence-electron chi connectivity index (χ1n) is 9.28. The lowest BCUT2D eigenvalue weighted by Crippen LogP contribution is -2.31. The van der Waals surface area contributed by atoms with E-state index >= 15 is 0 Å². The number of carbonyl (C=O) groups excluding carboxylic acids is 1. The normalized spacial score (nSPS) is 11.1. The number of hydrogen-bond acceptors (Lipinski definition) is 4. The summed E-state index contributed by atoms with van der Waals surface area (Å²) in [5, 5.41) is 2.82. The molecule has 0 atom stereocenters. The molecule has 152 valence electrons. The number of rotatable bonds is 9. The van der Waals surface area contributed by atoms with Crippen LogP contribution in [-0.2, 0) is 14.8 Å². The largest absolute Gasteiger partial charge is 0.494 e. The quantitative estimate of drug-likeness (QED) is 0.688. The van der Waals surface area contributed by atoms with Crippen LogP contribution in [0.15, 0.2) is 42.5 Å². The van der Waals surface area contributed by atoms with Gasteiger partial charge >= 0.3 is 0 Å². The fourth-order valence-electron chi connectivity index (χ4n) is 2.80. The standard InChI is InChI=1S/C21H28N2O4S/c1-5-27-20-9-6-8-18(15-20)22-21(24)10-7-13-23(28(4,25)26)19-12-11-16(2)17(3)14-19/h6,8-9,11-12,14-15H,5,7,10,13H2,1-4H3,(H,22,24). The van der Waals surface area contributed by atoms with Crippen molar-refractivity contribution in [3.8, 4) is 5.75 Å². The highest BCUT2D eigenvalue weighted by Crippen LogP contribution is 2.22. The van der Waals surface area contributed by atoms with Gasteiger partial charge in [-0.05, 0) is 62.6 Å². The molecule has 2 aromatic carbocycles. The number of carbonyl (C=O) groups is 1. The van der Waals surface area contributed by atoms with Gasteiger partial charge in [0.25, 0.3) is 0 Å². The van der Waals surface area contributed by atoms with Crippen molar-refractivity contribution >= 4 is 27.3 Å². The molecule has 0 bridgehead atoms. The van der Waals surface area contributed by atoms with Gasteiger partial charge in [-0.15, -0.1) is 0 Å². The Morgan fingerprint density at radius 3 is 2.50 bits per heavy atom. The maximum absolute atomic E-state index is 12.2. The number of sulfonamides is 1. The van der Waals surface area contributed by atoms with Crippen molar-refractivity contribution in [3.05, 3.63) is 53.6 Å². The molecule has 0 unspecified atom stereocenters. The van der Waals surface area contributed by atoms with Crippen LogP contribution in [0, 0.1) is 13.8 Å². The molecule has 2 rings (SSSR count). The second kappa shape index (κ2) is 9.59. The summed E-state index contributed by atoms with van der Waals surface area (Å²) in [6.07, 6.45) is 1.81. The Morgan fingerprint density at radius 1 is 1.11 bits per heavy atom. The molecule has 6 nitrogen and oxygen atoms in total. The molecule has 0 radical (unpaired) electrons. The molecule has 0 aliphatic rings. The molecule has 28 heavy (non-hydrogen) atoms. The van der Waals surface area contributed by atoms with E-state index in [0.717, 1.165) is 11.1 Å². The van der Waals surface area contributed by atoms with Crippen molar-refractivity contribution in [1.82, 2.24) is 0 Å². The molecular weight excluding hydrogens is 376 g/mol. The van der Waals surface area contributed by atoms with Crippen LogP contribution in [0.4, 0.5) is 11.4 Å². The van der Waals surface area contributed by atoms with E-state index in [4.69, 9.17) is 4.74 Å². The highest BCUT2D eigenvalue weighted by molar-refractivity contribution is 7.92. The van der Waals surface area contributed by atoms with Crippen LogP contribution in [0.2, 0.25) is 0 Å². The van der Waals surface area contributed by atoms with Gasteiger partial charge in [0.05, 0.1) is 18.6 Å². The third-order valence-electron chi connectivity index (χ3n) is 4.37. The molecule has 0 saturated heterocycles. The van der Waals surface area contributed by atoms with Crippen molar-refractivity contribution in [2.75, 3.05) is 29.0 Å². The molecule has 1 N–H and O–H groups in total. The van der Waals surface area contributed by atoms with E-state index in [9.17, 15) is 13.2 Å². The molecule has 0 heterocycles. The van der Waals surface area contributed by atoms with Gasteiger partial charge in [-0.2, -0.15) is 0 Å². The molecule has 7 heteroatoms. The molecule has 2 aromatic rings. The molecule has 0 fully saturated rings. The van der Waals surface area contributed by atoms with E-state index < -0.39 is 10.0 Å². The minimum absolute atomic E-state index is 0.165. The number of aryl methyl sites for hydroxylation is 2. The highest BCUT2D eigenvalue weighted by atomic mass is 32.2. The lowest BCUT2D eigenvalue weighted by Gasteiger charge is -2.23. The Morgan fingerprint density at radius 2 is 1.86 bits per heavy atom. The minimum Gasteiger partial charge on any atom is -0.494 e. The number of anilines is 2. The summed E-state index contributed by atoms with van der Waals surface area (Å²) in [5.74, 6) is 0.528. The molecule has 0 saturated carbocycles. The van der Waals surface area contributed by atoms with Crippen LogP contribution in [0.1, 0.15) is 30.9 Å². The van der Waals surface area contributed by atoms with Crippen LogP contribution >= 0.6 is 0 Å². The van der Waals surface area contributed by atoms with E-state index in [1.54, 1.807) is 18.2 Å². The summed E-state index contributed by atoms with van der Waals surface area (Å²) in [6, 6.07) is 12.7. The summed E-state index contributed by atoms with van der Waals surface area (Å²) in [4.78, 5) is 12.2. The third-order valence-corrected chi connectivity index (χ3v) is 5.57. The van der Waals surface area contributed by atoms with Gasteiger partial charge in [-0.3, -0.25) is 9.10 Å². The zero-order chi connectivity index (χ0) is 20.7. The number of nitrogens with one attached hydrogen (secondary N) is 1. The summed E-state index contributed by atoms with van der Waals surface area (Å²) in [7, 11) is -3.43. The number of ether oxygens (including phenoxy) is 1. The van der Waals surface area contributed by atoms with Crippen molar-refractivity contribution in [3.63, 3.8) is 0 Å². The zero-order valence-electron chi connectivity index (χ0n) is 16.9. The Kier molecular flexibility index (Phi) is 7.45. The first-order valence-corrected chi connectivity index (χ1v) is 11.1. The van der Waals surface area contributed by atoms with Gasteiger partial charge in [0.2, 0.25) is 15.9 Å². The van der Waals surface area contributed by atoms with Gasteiger partial charge in [0, 0.05) is 24.7 Å². The van der Waals surface area contributed by atoms with Gasteiger partial charge in [-0.1, -0.05) is 12.1 Å². The summed E-state index contributed by atoms with van der Waals surface area (Å²) >= 11 is 0. The minimum atomic E-state index is -3.43. The maximum Gasteiger partial charge on any atom is 0.232 e. The average Bonchev–Trinajstić information content (AvgIpc) is 2.61. The molecule has 1 amide bonds. The molecule has 0 aliphatic carbocycles. The lowest BCUT2D eigenvalue weighted by molar-refractivity contribution is -0.116. The van der Waals surface area contributed by atoms with Crippen LogP contribution in [0.5, 0.6) is 5.75 Å². The number of amides is 1. The predicted octanol–water partition coefficient (Wildman–Crippen LogP) is 3.89. The van der Waals surface area contributed by atoms with E-state index in [2.05, 4.69) is 5.32 Å². The highest BCUT2D eigenvalue weighted by Gasteiger charge is 2.18. The van der Waals surface area contributed by atoms with Crippen molar-refractivity contribution in [1.29, 1.82) is 0 Å². The number of hydrogen-bond donors (Lipinski definition) is 1. The fourth-order valence-corrected chi connectivity index (χ4v) is 3.76. The van der Waals surface area contributed by atoms with Crippen LogP contribution < -0.4 is 14.4 Å². The Bertz CT molecular complexity index is 926. The Balaban J connectivity index is 1.97. The van der Waals surface area contributed by atoms with Gasteiger partial charge in [0.1, 0.15) is 5.75 Å². The van der Waals surface area contributed by atoms with Gasteiger partial charge < -0.3 is 10.1 Å². The van der Waals surface area contributed by atoms with E-state index in [1.165, 1.54) is 10.6 Å². The van der Waals surface area contributed by atoms with Gasteiger partial charge in [-0.25, -0.2) is 8.42 Å². The third kappa shape index (κ3) is 6.27. The number of benzene rings is 2. The second-order valence-corrected chi connectivity index (χ2v) is 8.62. The van der Waals surface area contributed by atoms with Crippen LogP contribution in [0.3, 0.4) is 0 Å². The van der Waals surface area contributed by atoms with Gasteiger partial charge in [0.15, 0.2) is 0 Å². The average molecular weight is 405 g/mol. The topological polar surface area (TPSA) is 75.7 Å². The molecule has 0 aromatic heterocycles. The summed E-state index contributed by atoms with van der Waals surface area (Å²) < 4.78 is 31.2. The van der Waals surface area contributed by atoms with Crippen molar-refractivity contribution < 1.29 is 17.9 Å². The molecule has 0 aliphatic heterocycles. The van der Waals surface area contributed by atoms with Crippen LogP contribution in [-0.4, -0.2) is 33.7 Å². The first-order chi connectivity index (χ1) is 13.2. The van der Waals surface area contributed by atoms with Crippen LogP contribution in [0.25, 0.3) is 0 Å². The lowest BCUT2D eigenvalue weighted by atomic mass is 10.1. The molecule has 0 spiro atoms. The summed E-state index contributed by atoms with van der Waals surface area (Å²) in [5.41, 5.74) is 3.41. The van der Waals surface area contributed by atoms with Crippen molar-refractivity contribution in [2.45, 2.75) is 33.6 Å². The number of nitrogens with zero attached hydrogens (tertiary/aromatic N) is 1. The Labute approximate surface area is 167 Å². The van der Waals surface area contributed by atoms with E-state index in [-0.39, 0.29) is 18.9 Å². The Hall–Kier alpha value is -2.54. The zero-order valence-corrected chi connectivity index (χ0v) is 17.7.